The van der Waals surface area contributed by atoms with Gasteiger partial charge in [0.15, 0.2) is 6.61 Å². The number of esters is 1. The van der Waals surface area contributed by atoms with E-state index >= 15 is 0 Å². The number of benzene rings is 2. The molecular weight excluding hydrogens is 387 g/mol. The number of carbonyl (C=O) groups is 2. The molecule has 3 N–H and O–H groups in total. The van der Waals surface area contributed by atoms with Crippen molar-refractivity contribution in [3.05, 3.63) is 58.4 Å². The Morgan fingerprint density at radius 2 is 1.92 bits per heavy atom. The first kappa shape index (κ1) is 19.8. The van der Waals surface area contributed by atoms with Gasteiger partial charge in [0, 0.05) is 10.7 Å². The summed E-state index contributed by atoms with van der Waals surface area (Å²) < 4.78 is 41.0. The molecule has 138 valence electrons. The first-order valence-corrected chi connectivity index (χ1v) is 9.06. The summed E-state index contributed by atoms with van der Waals surface area (Å²) >= 11 is 5.94. The molecule has 26 heavy (non-hydrogen) atoms. The van der Waals surface area contributed by atoms with Gasteiger partial charge in [-0.2, -0.15) is 0 Å². The predicted octanol–water partition coefficient (Wildman–Crippen LogP) is 2.23. The second-order valence-electron chi connectivity index (χ2n) is 5.27. The van der Waals surface area contributed by atoms with Crippen molar-refractivity contribution in [2.24, 2.45) is 5.14 Å². The first-order valence-electron chi connectivity index (χ1n) is 7.13. The number of halogens is 2. The molecule has 0 fully saturated rings. The van der Waals surface area contributed by atoms with Crippen LogP contribution in [-0.4, -0.2) is 26.9 Å². The van der Waals surface area contributed by atoms with Crippen LogP contribution >= 0.6 is 11.6 Å². The summed E-state index contributed by atoms with van der Waals surface area (Å²) in [5, 5.41) is 7.83. The van der Waals surface area contributed by atoms with Crippen LogP contribution < -0.4 is 10.5 Å². The van der Waals surface area contributed by atoms with Gasteiger partial charge in [0.25, 0.3) is 5.91 Å². The fourth-order valence-corrected chi connectivity index (χ4v) is 2.63. The number of carbonyl (C=O) groups excluding carboxylic acids is 2. The highest BCUT2D eigenvalue weighted by atomic mass is 35.5. The zero-order valence-corrected chi connectivity index (χ0v) is 15.0. The summed E-state index contributed by atoms with van der Waals surface area (Å²) in [5.74, 6) is -2.89. The number of aryl methyl sites for hydroxylation is 1. The molecule has 0 atom stereocenters. The van der Waals surface area contributed by atoms with E-state index in [0.717, 1.165) is 23.8 Å². The number of rotatable bonds is 5. The topological polar surface area (TPSA) is 116 Å². The van der Waals surface area contributed by atoms with Crippen LogP contribution in [0.5, 0.6) is 0 Å². The number of sulfonamides is 1. The standard InChI is InChI=1S/C16H14ClFN2O5S/c1-9-2-3-10(6-13(9)17)20-15(21)8-25-16(22)12-7-11(26(19,23)24)4-5-14(12)18/h2-7H,8H2,1H3,(H,20,21)(H2,19,23,24). The predicted molar refractivity (Wildman–Crippen MR) is 92.9 cm³/mol. The molecule has 0 saturated carbocycles. The van der Waals surface area contributed by atoms with E-state index in [2.05, 4.69) is 5.32 Å². The number of nitrogens with two attached hydrogens (primary N) is 1. The van der Waals surface area contributed by atoms with Gasteiger partial charge in [-0.1, -0.05) is 17.7 Å². The molecule has 1 amide bonds. The lowest BCUT2D eigenvalue weighted by atomic mass is 10.2. The van der Waals surface area contributed by atoms with Gasteiger partial charge in [-0.05, 0) is 42.8 Å². The maximum absolute atomic E-state index is 13.7. The van der Waals surface area contributed by atoms with Gasteiger partial charge in [0.05, 0.1) is 10.5 Å². The number of hydrogen-bond acceptors (Lipinski definition) is 5. The summed E-state index contributed by atoms with van der Waals surface area (Å²) in [5.41, 5.74) is 0.563. The Balaban J connectivity index is 2.04. The van der Waals surface area contributed by atoms with Gasteiger partial charge in [0.1, 0.15) is 5.82 Å². The number of ether oxygens (including phenoxy) is 1. The summed E-state index contributed by atoms with van der Waals surface area (Å²) in [7, 11) is -4.12. The highest BCUT2D eigenvalue weighted by molar-refractivity contribution is 7.89. The molecule has 2 rings (SSSR count). The van der Waals surface area contributed by atoms with Crippen LogP contribution in [-0.2, 0) is 19.6 Å². The van der Waals surface area contributed by atoms with Crippen molar-refractivity contribution in [1.29, 1.82) is 0 Å². The molecule has 0 aliphatic rings. The van der Waals surface area contributed by atoms with E-state index in [4.69, 9.17) is 21.5 Å². The Morgan fingerprint density at radius 1 is 1.23 bits per heavy atom. The number of anilines is 1. The number of nitrogens with one attached hydrogen (secondary N) is 1. The van der Waals surface area contributed by atoms with Gasteiger partial charge < -0.3 is 10.1 Å². The molecule has 0 saturated heterocycles. The average Bonchev–Trinajstić information content (AvgIpc) is 2.55. The Bertz CT molecular complexity index is 979. The number of primary sulfonamides is 1. The quantitative estimate of drug-likeness (QED) is 0.746. The monoisotopic (exact) mass is 400 g/mol. The molecule has 0 bridgehead atoms. The van der Waals surface area contributed by atoms with E-state index < -0.39 is 44.8 Å². The minimum Gasteiger partial charge on any atom is -0.452 e. The second-order valence-corrected chi connectivity index (χ2v) is 7.24. The third-order valence-electron chi connectivity index (χ3n) is 3.28. The molecule has 0 spiro atoms. The van der Waals surface area contributed by atoms with E-state index in [9.17, 15) is 22.4 Å². The molecule has 2 aromatic carbocycles. The van der Waals surface area contributed by atoms with E-state index in [1.54, 1.807) is 19.1 Å². The molecular formula is C16H14ClFN2O5S. The van der Waals surface area contributed by atoms with Crippen molar-refractivity contribution in [2.45, 2.75) is 11.8 Å². The normalized spacial score (nSPS) is 11.1. The third kappa shape index (κ3) is 5.01. The number of amides is 1. The number of hydrogen-bond donors (Lipinski definition) is 2. The van der Waals surface area contributed by atoms with Crippen molar-refractivity contribution < 1.29 is 27.1 Å². The zero-order chi connectivity index (χ0) is 19.5. The average molecular weight is 401 g/mol. The molecule has 10 heteroatoms. The molecule has 2 aromatic rings. The van der Waals surface area contributed by atoms with Gasteiger partial charge in [-0.15, -0.1) is 0 Å². The van der Waals surface area contributed by atoms with Gasteiger partial charge >= 0.3 is 5.97 Å². The maximum Gasteiger partial charge on any atom is 0.341 e. The van der Waals surface area contributed by atoms with Crippen LogP contribution in [0.1, 0.15) is 15.9 Å². The van der Waals surface area contributed by atoms with Crippen LogP contribution in [0, 0.1) is 12.7 Å². The summed E-state index contributed by atoms with van der Waals surface area (Å²) in [6, 6.07) is 7.24. The largest absolute Gasteiger partial charge is 0.452 e. The van der Waals surface area contributed by atoms with Crippen LogP contribution in [0.2, 0.25) is 5.02 Å². The van der Waals surface area contributed by atoms with E-state index in [1.165, 1.54) is 6.07 Å². The van der Waals surface area contributed by atoms with Crippen LogP contribution in [0.25, 0.3) is 0 Å². The Hall–Kier alpha value is -2.49. The summed E-state index contributed by atoms with van der Waals surface area (Å²) in [6.07, 6.45) is 0. The zero-order valence-electron chi connectivity index (χ0n) is 13.5. The second kappa shape index (κ2) is 7.81. The van der Waals surface area contributed by atoms with Crippen LogP contribution in [0.4, 0.5) is 10.1 Å². The van der Waals surface area contributed by atoms with Gasteiger partial charge in [-0.25, -0.2) is 22.7 Å². The van der Waals surface area contributed by atoms with Gasteiger partial charge in [-0.3, -0.25) is 4.79 Å². The minimum absolute atomic E-state index is 0.393. The van der Waals surface area contributed by atoms with Crippen molar-refractivity contribution in [1.82, 2.24) is 0 Å². The SMILES string of the molecule is Cc1ccc(NC(=O)COC(=O)c2cc(S(N)(=O)=O)ccc2F)cc1Cl. The molecule has 0 aliphatic carbocycles. The lowest BCUT2D eigenvalue weighted by Gasteiger charge is -2.09. The van der Waals surface area contributed by atoms with Crippen LogP contribution in [0.15, 0.2) is 41.3 Å². The fourth-order valence-electron chi connectivity index (χ4n) is 1.91. The molecule has 7 nitrogen and oxygen atoms in total. The first-order chi connectivity index (χ1) is 12.1. The lowest BCUT2D eigenvalue weighted by Crippen LogP contribution is -2.22. The van der Waals surface area contributed by atoms with E-state index in [0.29, 0.717) is 10.7 Å². The summed E-state index contributed by atoms with van der Waals surface area (Å²) in [6.45, 7) is 1.09. The molecule has 0 aliphatic heterocycles. The van der Waals surface area contributed by atoms with E-state index in [1.807, 2.05) is 0 Å². The van der Waals surface area contributed by atoms with Crippen molar-refractivity contribution in [3.8, 4) is 0 Å². The maximum atomic E-state index is 13.7. The smallest absolute Gasteiger partial charge is 0.341 e. The van der Waals surface area contributed by atoms with Crippen molar-refractivity contribution >= 4 is 39.2 Å². The van der Waals surface area contributed by atoms with Gasteiger partial charge in [0.2, 0.25) is 10.0 Å². The molecule has 0 unspecified atom stereocenters. The van der Waals surface area contributed by atoms with Crippen LogP contribution in [0.3, 0.4) is 0 Å². The Morgan fingerprint density at radius 3 is 2.54 bits per heavy atom. The Labute approximate surface area is 154 Å². The third-order valence-corrected chi connectivity index (χ3v) is 4.59. The molecule has 0 aromatic heterocycles. The summed E-state index contributed by atoms with van der Waals surface area (Å²) in [4.78, 5) is 23.3. The van der Waals surface area contributed by atoms with Crippen molar-refractivity contribution in [3.63, 3.8) is 0 Å². The highest BCUT2D eigenvalue weighted by Crippen LogP contribution is 2.20. The fraction of sp³-hybridized carbons (Fsp3) is 0.125. The molecule has 0 radical (unpaired) electrons. The minimum atomic E-state index is -4.12. The highest BCUT2D eigenvalue weighted by Gasteiger charge is 2.19. The van der Waals surface area contributed by atoms with Crippen molar-refractivity contribution in [2.75, 3.05) is 11.9 Å². The molecule has 0 heterocycles. The van der Waals surface area contributed by atoms with E-state index in [-0.39, 0.29) is 0 Å². The lowest BCUT2D eigenvalue weighted by molar-refractivity contribution is -0.119. The Kier molecular flexibility index (Phi) is 5.96.